The molecule has 0 aliphatic carbocycles. The molecular formula is C40H55IN11O13PS. The van der Waals surface area contributed by atoms with Crippen LogP contribution in [0.5, 0.6) is 5.75 Å². The molecule has 24 nitrogen and oxygen atoms in total. The summed E-state index contributed by atoms with van der Waals surface area (Å²) in [7, 11) is -0.782. The van der Waals surface area contributed by atoms with Crippen molar-refractivity contribution in [3.05, 3.63) is 17.7 Å². The van der Waals surface area contributed by atoms with Gasteiger partial charge in [-0.15, -0.1) is 11.8 Å². The van der Waals surface area contributed by atoms with E-state index in [1.165, 1.54) is 12.1 Å². The van der Waals surface area contributed by atoms with E-state index < -0.39 is 134 Å². The number of fused-ring (bicyclic) bond motifs is 4. The number of aliphatic hydroxyl groups excluding tert-OH is 1. The third-order valence-corrected chi connectivity index (χ3v) is 14.5. The second-order valence-corrected chi connectivity index (χ2v) is 18.8. The zero-order valence-electron chi connectivity index (χ0n) is 37.0. The number of halogens is 1. The smallest absolute Gasteiger partial charge is 0.395 e. The first-order chi connectivity index (χ1) is 31.7. The summed E-state index contributed by atoms with van der Waals surface area (Å²) in [5, 5.41) is 29.0. The highest BCUT2D eigenvalue weighted by Crippen LogP contribution is 2.38. The van der Waals surface area contributed by atoms with Crippen molar-refractivity contribution in [2.24, 2.45) is 23.3 Å². The monoisotopic (exact) mass is 1090 g/mol. The first-order valence-electron chi connectivity index (χ1n) is 21.2. The molecule has 1 saturated heterocycles. The summed E-state index contributed by atoms with van der Waals surface area (Å²) in [5.74, 6) is -8.87. The minimum absolute atomic E-state index is 0.0280. The summed E-state index contributed by atoms with van der Waals surface area (Å²) < 4.78 is 16.3. The number of carbonyl (C=O) groups is 10. The fourth-order valence-corrected chi connectivity index (χ4v) is 9.38. The molecule has 2 aromatic rings. The number of amides is 10. The zero-order chi connectivity index (χ0) is 49.7. The lowest BCUT2D eigenvalue weighted by molar-refractivity contribution is -0.143. The number of aromatic nitrogens is 1. The van der Waals surface area contributed by atoms with Crippen LogP contribution in [0.3, 0.4) is 0 Å². The van der Waals surface area contributed by atoms with Gasteiger partial charge in [0.15, 0.2) is 5.75 Å². The van der Waals surface area contributed by atoms with Crippen LogP contribution >= 0.6 is 43.0 Å². The van der Waals surface area contributed by atoms with Crippen LogP contribution in [0.4, 0.5) is 5.69 Å². The lowest BCUT2D eigenvalue weighted by Gasteiger charge is -2.31. The molecule has 10 amide bonds. The molecule has 9 atom stereocenters. The van der Waals surface area contributed by atoms with Crippen LogP contribution in [0.2, 0.25) is 0 Å². The van der Waals surface area contributed by atoms with Crippen molar-refractivity contribution < 1.29 is 62.1 Å². The van der Waals surface area contributed by atoms with Gasteiger partial charge in [0.2, 0.25) is 59.6 Å². The van der Waals surface area contributed by atoms with Crippen LogP contribution in [-0.4, -0.2) is 140 Å². The Hall–Kier alpha value is -5.60. The van der Waals surface area contributed by atoms with Gasteiger partial charge < -0.3 is 68.2 Å². The molecule has 3 heterocycles. The van der Waals surface area contributed by atoms with Crippen molar-refractivity contribution in [1.29, 1.82) is 0 Å². The highest BCUT2D eigenvalue weighted by atomic mass is 127. The van der Waals surface area contributed by atoms with E-state index >= 15 is 0 Å². The second-order valence-electron chi connectivity index (χ2n) is 16.1. The maximum atomic E-state index is 14.3. The number of aliphatic hydroxyl groups is 1. The summed E-state index contributed by atoms with van der Waals surface area (Å²) >= 11 is 2.87. The number of nitrogens with two attached hydrogens (primary N) is 2. The average Bonchev–Trinajstić information content (AvgIpc) is 3.84. The van der Waals surface area contributed by atoms with Crippen molar-refractivity contribution in [2.75, 3.05) is 30.7 Å². The summed E-state index contributed by atoms with van der Waals surface area (Å²) in [4.78, 5) is 137. The SMILES string of the molecule is CCC(C)[C@@H]1NC(=O)[C@@H]2C[C@@H](O)CN2C(=O)[C@H](CC(N)=O)NC(=O)[C@@H](NC(=O)CNC(=O)[C@@H](I)[C@@H](C)CC)CSc2[nH]c3cc(OP=O)c(NC=O)cc3c2C[C@@H](C(=O)NCC(N)=O)NC1=O. The fraction of sp³-hybridized carbons (Fsp3) is 0.550. The Morgan fingerprint density at radius 3 is 2.34 bits per heavy atom. The summed E-state index contributed by atoms with van der Waals surface area (Å²) in [6, 6.07) is -4.77. The van der Waals surface area contributed by atoms with Gasteiger partial charge in [0.1, 0.15) is 30.2 Å². The minimum Gasteiger partial charge on any atom is -0.405 e. The van der Waals surface area contributed by atoms with Gasteiger partial charge in [-0.3, -0.25) is 47.9 Å². The molecule has 0 spiro atoms. The predicted octanol–water partition coefficient (Wildman–Crippen LogP) is -1.64. The number of carbonyl (C=O) groups excluding carboxylic acids is 10. The molecule has 0 radical (unpaired) electrons. The molecule has 366 valence electrons. The number of rotatable bonds is 17. The third kappa shape index (κ3) is 14.4. The van der Waals surface area contributed by atoms with Crippen LogP contribution in [0.15, 0.2) is 17.2 Å². The highest BCUT2D eigenvalue weighted by Gasteiger charge is 2.44. The normalized spacial score (nSPS) is 23.1. The maximum absolute atomic E-state index is 14.3. The van der Waals surface area contributed by atoms with Crippen molar-refractivity contribution in [3.63, 3.8) is 0 Å². The Bertz CT molecular complexity index is 2250. The Labute approximate surface area is 403 Å². The topological polar surface area (TPSA) is 373 Å². The number of benzene rings is 1. The molecule has 13 N–H and O–H groups in total. The third-order valence-electron chi connectivity index (χ3n) is 11.3. The molecule has 2 aliphatic rings. The van der Waals surface area contributed by atoms with E-state index in [1.807, 2.05) is 36.4 Å². The number of thioether (sulfide) groups is 1. The van der Waals surface area contributed by atoms with Gasteiger partial charge in [0.25, 0.3) is 0 Å². The molecule has 2 aliphatic heterocycles. The summed E-state index contributed by atoms with van der Waals surface area (Å²) in [5.41, 5.74) is 11.4. The number of hydrogen-bond acceptors (Lipinski definition) is 14. The van der Waals surface area contributed by atoms with E-state index in [0.29, 0.717) is 24.6 Å². The lowest BCUT2D eigenvalue weighted by Crippen LogP contribution is -2.60. The highest BCUT2D eigenvalue weighted by molar-refractivity contribution is 14.1. The number of primary amides is 2. The van der Waals surface area contributed by atoms with E-state index in [-0.39, 0.29) is 52.1 Å². The zero-order valence-corrected chi connectivity index (χ0v) is 40.8. The van der Waals surface area contributed by atoms with Crippen molar-refractivity contribution >= 4 is 119 Å². The first kappa shape index (κ1) is 54.0. The van der Waals surface area contributed by atoms with Gasteiger partial charge in [0.05, 0.1) is 45.8 Å². The van der Waals surface area contributed by atoms with Gasteiger partial charge in [-0.25, -0.2) is 4.57 Å². The Balaban J connectivity index is 1.93. The Morgan fingerprint density at radius 2 is 1.72 bits per heavy atom. The lowest BCUT2D eigenvalue weighted by atomic mass is 9.96. The Morgan fingerprint density at radius 1 is 1.00 bits per heavy atom. The first-order valence-corrected chi connectivity index (χ1v) is 24.2. The quantitative estimate of drug-likeness (QED) is 0.0367. The molecule has 4 rings (SSSR count). The summed E-state index contributed by atoms with van der Waals surface area (Å²) in [6.07, 6.45) is -1.36. The van der Waals surface area contributed by atoms with Crippen molar-refractivity contribution in [1.82, 2.24) is 41.8 Å². The van der Waals surface area contributed by atoms with E-state index in [0.717, 1.165) is 16.7 Å². The van der Waals surface area contributed by atoms with Crippen LogP contribution in [-0.2, 0) is 58.9 Å². The standard InChI is InChI=1S/C40H55IN11O13PS/c1-5-17(3)32(41)37(61)45-13-31(57)47-26-15-67-39-21(20-8-23(46-16-53)28(65-66-64)10-22(20)50-39)9-24(34(58)44-12-30(43)56)48-38(62)33(18(4)6-2)51-36(60)27-7-19(54)14-52(27)40(63)25(11-29(42)55)49-35(26)59/h8,10,16-19,24-27,32-33,50,54H,5-7,9,11-15H2,1-4H3,(H2,42,55)(H2,43,56)(H,44,58)(H,45,61)(H,46,53)(H,47,57)(H,48,62)(H,49,59)(H,51,60)/t17-,18?,19+,24-,25-,26-,27-,32-,33-/m0/s1. The average molecular weight is 1090 g/mol. The predicted molar refractivity (Wildman–Crippen MR) is 250 cm³/mol. The fourth-order valence-electron chi connectivity index (χ4n) is 7.30. The largest absolute Gasteiger partial charge is 0.405 e. The van der Waals surface area contributed by atoms with Crippen LogP contribution < -0.4 is 53.2 Å². The van der Waals surface area contributed by atoms with Crippen LogP contribution in [0.25, 0.3) is 10.9 Å². The van der Waals surface area contributed by atoms with E-state index in [1.54, 1.807) is 13.8 Å². The van der Waals surface area contributed by atoms with Gasteiger partial charge in [0, 0.05) is 36.6 Å². The number of H-pyrrole nitrogens is 1. The molecular weight excluding hydrogens is 1030 g/mol. The van der Waals surface area contributed by atoms with Crippen molar-refractivity contribution in [3.8, 4) is 5.75 Å². The van der Waals surface area contributed by atoms with Crippen molar-refractivity contribution in [2.45, 2.75) is 105 Å². The van der Waals surface area contributed by atoms with Gasteiger partial charge in [-0.05, 0) is 23.5 Å². The number of aromatic amines is 1. The number of nitrogens with zero attached hydrogens (tertiary/aromatic N) is 1. The maximum Gasteiger partial charge on any atom is 0.395 e. The molecule has 27 heteroatoms. The molecule has 1 fully saturated rings. The summed E-state index contributed by atoms with van der Waals surface area (Å²) in [6.45, 7) is 5.54. The molecule has 1 aromatic heterocycles. The van der Waals surface area contributed by atoms with Crippen LogP contribution in [0, 0.1) is 11.8 Å². The van der Waals surface area contributed by atoms with E-state index in [9.17, 15) is 57.6 Å². The van der Waals surface area contributed by atoms with Gasteiger partial charge in [-0.2, -0.15) is 0 Å². The van der Waals surface area contributed by atoms with E-state index in [4.69, 9.17) is 16.0 Å². The number of anilines is 1. The second kappa shape index (κ2) is 25.0. The molecule has 1 aromatic carbocycles. The molecule has 0 bridgehead atoms. The molecule has 0 saturated carbocycles. The number of nitrogens with one attached hydrogen (secondary N) is 8. The molecule has 1 unspecified atom stereocenters. The minimum atomic E-state index is -1.72. The number of hydrogen-bond donors (Lipinski definition) is 11. The van der Waals surface area contributed by atoms with E-state index in [2.05, 4.69) is 42.2 Å². The number of alkyl halides is 1. The van der Waals surface area contributed by atoms with Crippen LogP contribution in [0.1, 0.15) is 58.9 Å². The van der Waals surface area contributed by atoms with Gasteiger partial charge in [-0.1, -0.05) is 63.1 Å². The van der Waals surface area contributed by atoms with Gasteiger partial charge >= 0.3 is 8.69 Å². The molecule has 67 heavy (non-hydrogen) atoms. The Kier molecular flexibility index (Phi) is 20.1.